The average molecular weight is 268 g/mol. The number of imide groups is 1. The lowest BCUT2D eigenvalue weighted by molar-refractivity contribution is -0.140. The number of rotatable bonds is 1. The highest BCUT2D eigenvalue weighted by Crippen LogP contribution is 2.44. The molecule has 1 aliphatic heterocycles. The van der Waals surface area contributed by atoms with E-state index in [-0.39, 0.29) is 28.3 Å². The molecule has 1 heterocycles. The Morgan fingerprint density at radius 3 is 3.00 bits per heavy atom. The van der Waals surface area contributed by atoms with Gasteiger partial charge in [0.15, 0.2) is 5.11 Å². The molecule has 0 aromatic carbocycles. The van der Waals surface area contributed by atoms with E-state index in [1.54, 1.807) is 0 Å². The van der Waals surface area contributed by atoms with Crippen LogP contribution in [0.15, 0.2) is 5.10 Å². The zero-order valence-corrected chi connectivity index (χ0v) is 11.0. The third-order valence-corrected chi connectivity index (χ3v) is 3.70. The minimum absolute atomic E-state index is 0.0714. The van der Waals surface area contributed by atoms with Crippen molar-refractivity contribution in [2.24, 2.45) is 22.2 Å². The van der Waals surface area contributed by atoms with E-state index in [0.717, 1.165) is 25.0 Å². The van der Waals surface area contributed by atoms with E-state index in [1.807, 2.05) is 6.92 Å². The minimum Gasteiger partial charge on any atom is -0.375 e. The van der Waals surface area contributed by atoms with Gasteiger partial charge in [0.2, 0.25) is 11.8 Å². The summed E-state index contributed by atoms with van der Waals surface area (Å²) in [4.78, 5) is 23.5. The highest BCUT2D eigenvalue weighted by molar-refractivity contribution is 7.80. The number of hydrogen-bond donors (Lipinski definition) is 3. The third kappa shape index (κ3) is 2.35. The van der Waals surface area contributed by atoms with Crippen LogP contribution in [0.5, 0.6) is 0 Å². The number of carbonyl (C=O) groups excluding carboxylic acids is 2. The van der Waals surface area contributed by atoms with Crippen LogP contribution in [0.2, 0.25) is 0 Å². The summed E-state index contributed by atoms with van der Waals surface area (Å²) >= 11 is 4.69. The van der Waals surface area contributed by atoms with E-state index in [4.69, 9.17) is 18.0 Å². The first-order valence-electron chi connectivity index (χ1n) is 5.88. The predicted molar refractivity (Wildman–Crippen MR) is 70.6 cm³/mol. The summed E-state index contributed by atoms with van der Waals surface area (Å²) in [6.45, 7) is 1.96. The molecule has 0 aromatic rings. The summed E-state index contributed by atoms with van der Waals surface area (Å²) in [6.07, 6.45) is 2.83. The second-order valence-corrected chi connectivity index (χ2v) is 5.55. The van der Waals surface area contributed by atoms with Crippen LogP contribution in [0.4, 0.5) is 0 Å². The van der Waals surface area contributed by atoms with Crippen LogP contribution in [0.25, 0.3) is 0 Å². The van der Waals surface area contributed by atoms with Crippen LogP contribution in [0, 0.1) is 11.3 Å². The number of carbonyl (C=O) groups is 2. The molecule has 6 nitrogen and oxygen atoms in total. The zero-order chi connectivity index (χ0) is 13.3. The van der Waals surface area contributed by atoms with Crippen molar-refractivity contribution in [1.82, 2.24) is 10.7 Å². The minimum atomic E-state index is -0.370. The number of nitrogens with zero attached hydrogens (tertiary/aromatic N) is 1. The van der Waals surface area contributed by atoms with Gasteiger partial charge in [0, 0.05) is 6.42 Å². The first-order chi connectivity index (χ1) is 8.42. The number of hydrogen-bond acceptors (Lipinski definition) is 4. The van der Waals surface area contributed by atoms with Crippen molar-refractivity contribution in [2.75, 3.05) is 0 Å². The SMILES string of the molecule is CC12CCCC(=NNC(N)=S)C1C(=O)NC(=O)C2. The molecule has 0 aromatic heterocycles. The Morgan fingerprint density at radius 1 is 1.61 bits per heavy atom. The smallest absolute Gasteiger partial charge is 0.235 e. The summed E-state index contributed by atoms with van der Waals surface area (Å²) in [6, 6.07) is 0. The van der Waals surface area contributed by atoms with Gasteiger partial charge in [0.05, 0.1) is 11.6 Å². The predicted octanol–water partition coefficient (Wildman–Crippen LogP) is 0.0285. The van der Waals surface area contributed by atoms with Gasteiger partial charge in [-0.05, 0) is 36.9 Å². The fourth-order valence-corrected chi connectivity index (χ4v) is 2.94. The van der Waals surface area contributed by atoms with E-state index in [1.165, 1.54) is 0 Å². The lowest BCUT2D eigenvalue weighted by Gasteiger charge is -2.43. The molecule has 7 heteroatoms. The molecular weight excluding hydrogens is 252 g/mol. The fourth-order valence-electron chi connectivity index (χ4n) is 2.89. The molecule has 4 N–H and O–H groups in total. The maximum absolute atomic E-state index is 12.0. The zero-order valence-electron chi connectivity index (χ0n) is 10.2. The third-order valence-electron chi connectivity index (χ3n) is 3.61. The molecule has 2 atom stereocenters. The fraction of sp³-hybridized carbons (Fsp3) is 0.636. The Labute approximate surface area is 110 Å². The van der Waals surface area contributed by atoms with Gasteiger partial charge >= 0.3 is 0 Å². The molecule has 2 rings (SSSR count). The number of hydrazone groups is 1. The van der Waals surface area contributed by atoms with Crippen molar-refractivity contribution in [3.8, 4) is 0 Å². The number of piperidine rings is 1. The van der Waals surface area contributed by atoms with Gasteiger partial charge in [-0.25, -0.2) is 0 Å². The number of fused-ring (bicyclic) bond motifs is 1. The molecular formula is C11H16N4O2S. The van der Waals surface area contributed by atoms with E-state index in [9.17, 15) is 9.59 Å². The van der Waals surface area contributed by atoms with Gasteiger partial charge in [-0.1, -0.05) is 6.92 Å². The van der Waals surface area contributed by atoms with Crippen molar-refractivity contribution in [3.05, 3.63) is 0 Å². The van der Waals surface area contributed by atoms with Gasteiger partial charge in [0.25, 0.3) is 0 Å². The number of amides is 2. The van der Waals surface area contributed by atoms with Gasteiger partial charge in [-0.2, -0.15) is 5.10 Å². The summed E-state index contributed by atoms with van der Waals surface area (Å²) in [7, 11) is 0. The van der Waals surface area contributed by atoms with Crippen molar-refractivity contribution in [3.63, 3.8) is 0 Å². The monoisotopic (exact) mass is 268 g/mol. The molecule has 0 bridgehead atoms. The standard InChI is InChI=1S/C11H16N4O2S/c1-11-4-2-3-6(14-15-10(12)18)8(11)9(17)13-7(16)5-11/h8H,2-5H2,1H3,(H3,12,15,18)(H,13,16,17). The van der Waals surface area contributed by atoms with Crippen LogP contribution in [-0.2, 0) is 9.59 Å². The van der Waals surface area contributed by atoms with Gasteiger partial charge < -0.3 is 5.73 Å². The lowest BCUT2D eigenvalue weighted by Crippen LogP contribution is -2.55. The highest BCUT2D eigenvalue weighted by atomic mass is 32.1. The molecule has 98 valence electrons. The normalized spacial score (nSPS) is 33.8. The van der Waals surface area contributed by atoms with Gasteiger partial charge in [-0.15, -0.1) is 0 Å². The Hall–Kier alpha value is -1.50. The lowest BCUT2D eigenvalue weighted by atomic mass is 9.62. The van der Waals surface area contributed by atoms with E-state index in [0.29, 0.717) is 6.42 Å². The summed E-state index contributed by atoms with van der Waals surface area (Å²) in [5, 5.41) is 6.56. The molecule has 2 unspecified atom stereocenters. The summed E-state index contributed by atoms with van der Waals surface area (Å²) in [5.74, 6) is -0.843. The molecule has 0 radical (unpaired) electrons. The molecule has 1 saturated carbocycles. The Bertz CT molecular complexity index is 448. The molecule has 1 saturated heterocycles. The number of thiocarbonyl (C=S) groups is 1. The van der Waals surface area contributed by atoms with Crippen LogP contribution >= 0.6 is 12.2 Å². The largest absolute Gasteiger partial charge is 0.375 e. The molecule has 18 heavy (non-hydrogen) atoms. The first kappa shape index (κ1) is 12.9. The molecule has 0 spiro atoms. The molecule has 2 amide bonds. The van der Waals surface area contributed by atoms with E-state index >= 15 is 0 Å². The topological polar surface area (TPSA) is 96.6 Å². The Morgan fingerprint density at radius 2 is 2.33 bits per heavy atom. The number of nitrogens with two attached hydrogens (primary N) is 1. The second kappa shape index (κ2) is 4.64. The molecule has 2 fully saturated rings. The van der Waals surface area contributed by atoms with Crippen LogP contribution in [0.3, 0.4) is 0 Å². The van der Waals surface area contributed by atoms with Crippen molar-refractivity contribution in [2.45, 2.75) is 32.6 Å². The van der Waals surface area contributed by atoms with Crippen LogP contribution < -0.4 is 16.5 Å². The van der Waals surface area contributed by atoms with Crippen LogP contribution in [-0.4, -0.2) is 22.6 Å². The maximum Gasteiger partial charge on any atom is 0.235 e. The second-order valence-electron chi connectivity index (χ2n) is 5.11. The quantitative estimate of drug-likeness (QED) is 0.354. The van der Waals surface area contributed by atoms with E-state index in [2.05, 4.69) is 15.8 Å². The maximum atomic E-state index is 12.0. The van der Waals surface area contributed by atoms with Crippen molar-refractivity contribution in [1.29, 1.82) is 0 Å². The average Bonchev–Trinajstić information content (AvgIpc) is 2.23. The first-order valence-corrected chi connectivity index (χ1v) is 6.29. The summed E-state index contributed by atoms with van der Waals surface area (Å²) in [5.41, 5.74) is 8.24. The summed E-state index contributed by atoms with van der Waals surface area (Å²) < 4.78 is 0. The van der Waals surface area contributed by atoms with Crippen molar-refractivity contribution < 1.29 is 9.59 Å². The number of nitrogens with one attached hydrogen (secondary N) is 2. The Kier molecular flexibility index (Phi) is 3.34. The highest BCUT2D eigenvalue weighted by Gasteiger charge is 2.49. The Balaban J connectivity index is 2.28. The van der Waals surface area contributed by atoms with Gasteiger partial charge in [-0.3, -0.25) is 20.3 Å². The molecule has 1 aliphatic carbocycles. The van der Waals surface area contributed by atoms with E-state index < -0.39 is 0 Å². The van der Waals surface area contributed by atoms with Crippen LogP contribution in [0.1, 0.15) is 32.6 Å². The molecule has 2 aliphatic rings. The van der Waals surface area contributed by atoms with Gasteiger partial charge in [0.1, 0.15) is 0 Å². The van der Waals surface area contributed by atoms with Crippen molar-refractivity contribution >= 4 is 34.9 Å².